The minimum atomic E-state index is 0.658. The van der Waals surface area contributed by atoms with E-state index >= 15 is 0 Å². The number of nitrogens with one attached hydrogen (secondary N) is 1. The third kappa shape index (κ3) is 2.99. The number of hydrogen-bond donors (Lipinski definition) is 1. The second kappa shape index (κ2) is 6.44. The van der Waals surface area contributed by atoms with Crippen LogP contribution in [0.15, 0.2) is 18.2 Å². The van der Waals surface area contributed by atoms with Crippen LogP contribution in [-0.2, 0) is 6.54 Å². The van der Waals surface area contributed by atoms with Gasteiger partial charge in [0, 0.05) is 19.6 Å². The van der Waals surface area contributed by atoms with Gasteiger partial charge >= 0.3 is 0 Å². The lowest BCUT2D eigenvalue weighted by atomic mass is 10.1. The van der Waals surface area contributed by atoms with Gasteiger partial charge in [-0.15, -0.1) is 0 Å². The minimum absolute atomic E-state index is 0.658. The van der Waals surface area contributed by atoms with Crippen molar-refractivity contribution in [2.45, 2.75) is 45.2 Å². The number of para-hydroxylation sites is 1. The van der Waals surface area contributed by atoms with Crippen LogP contribution in [0.5, 0.6) is 0 Å². The number of benzene rings is 1. The second-order valence-electron chi connectivity index (χ2n) is 5.08. The predicted octanol–water partition coefficient (Wildman–Crippen LogP) is 3.83. The Morgan fingerprint density at radius 2 is 2.06 bits per heavy atom. The topological polar surface area (TPSA) is 15.3 Å². The molecular weight excluding hydrogens is 244 g/mol. The van der Waals surface area contributed by atoms with E-state index in [1.165, 1.54) is 36.9 Å². The molecule has 0 atom stereocenters. The van der Waals surface area contributed by atoms with Crippen LogP contribution in [0.25, 0.3) is 0 Å². The summed E-state index contributed by atoms with van der Waals surface area (Å²) in [5.74, 6) is 0. The highest BCUT2D eigenvalue weighted by Crippen LogP contribution is 2.34. The normalized spacial score (nSPS) is 16.2. The van der Waals surface area contributed by atoms with E-state index in [0.717, 1.165) is 18.1 Å². The predicted molar refractivity (Wildman–Crippen MR) is 79.5 cm³/mol. The van der Waals surface area contributed by atoms with E-state index in [0.29, 0.717) is 6.04 Å². The molecule has 1 aliphatic carbocycles. The van der Waals surface area contributed by atoms with E-state index < -0.39 is 0 Å². The maximum Gasteiger partial charge on any atom is 0.0642 e. The molecule has 1 N–H and O–H groups in total. The summed E-state index contributed by atoms with van der Waals surface area (Å²) in [5, 5.41) is 4.27. The highest BCUT2D eigenvalue weighted by atomic mass is 35.5. The molecule has 1 aliphatic rings. The Bertz CT molecular complexity index is 386. The Hall–Kier alpha value is -0.730. The highest BCUT2D eigenvalue weighted by molar-refractivity contribution is 6.33. The van der Waals surface area contributed by atoms with Crippen molar-refractivity contribution in [2.24, 2.45) is 0 Å². The van der Waals surface area contributed by atoms with Crippen molar-refractivity contribution in [2.75, 3.05) is 18.5 Å². The summed E-state index contributed by atoms with van der Waals surface area (Å²) in [6, 6.07) is 6.87. The average molecular weight is 267 g/mol. The van der Waals surface area contributed by atoms with Crippen LogP contribution in [0.3, 0.4) is 0 Å². The van der Waals surface area contributed by atoms with Gasteiger partial charge in [0.2, 0.25) is 0 Å². The summed E-state index contributed by atoms with van der Waals surface area (Å²) in [4.78, 5) is 2.39. The van der Waals surface area contributed by atoms with Crippen molar-refractivity contribution in [1.82, 2.24) is 5.32 Å². The molecule has 0 heterocycles. The standard InChI is InChI=1S/C15H23ClN2/c1-3-17-11-12-7-6-10-14(16)15(12)18(2)13-8-4-5-9-13/h6-7,10,13,17H,3-5,8-9,11H2,1-2H3. The van der Waals surface area contributed by atoms with Gasteiger partial charge in [-0.3, -0.25) is 0 Å². The van der Waals surface area contributed by atoms with Crippen LogP contribution < -0.4 is 10.2 Å². The van der Waals surface area contributed by atoms with Gasteiger partial charge < -0.3 is 10.2 Å². The van der Waals surface area contributed by atoms with Gasteiger partial charge in [-0.05, 0) is 31.0 Å². The average Bonchev–Trinajstić information content (AvgIpc) is 2.89. The van der Waals surface area contributed by atoms with E-state index in [-0.39, 0.29) is 0 Å². The molecule has 1 fully saturated rings. The number of hydrogen-bond acceptors (Lipinski definition) is 2. The monoisotopic (exact) mass is 266 g/mol. The summed E-state index contributed by atoms with van der Waals surface area (Å²) in [6.45, 7) is 4.01. The molecule has 1 aromatic rings. The maximum atomic E-state index is 6.41. The van der Waals surface area contributed by atoms with Crippen LogP contribution in [0.4, 0.5) is 5.69 Å². The van der Waals surface area contributed by atoms with Crippen molar-refractivity contribution in [3.63, 3.8) is 0 Å². The van der Waals surface area contributed by atoms with E-state index in [1.807, 2.05) is 12.1 Å². The van der Waals surface area contributed by atoms with Gasteiger partial charge in [-0.1, -0.05) is 43.5 Å². The molecule has 100 valence electrons. The lowest BCUT2D eigenvalue weighted by Gasteiger charge is -2.29. The smallest absolute Gasteiger partial charge is 0.0642 e. The van der Waals surface area contributed by atoms with Gasteiger partial charge in [-0.2, -0.15) is 0 Å². The van der Waals surface area contributed by atoms with E-state index in [1.54, 1.807) is 0 Å². The molecule has 1 aromatic carbocycles. The molecule has 0 unspecified atom stereocenters. The summed E-state index contributed by atoms with van der Waals surface area (Å²) in [7, 11) is 2.19. The van der Waals surface area contributed by atoms with Crippen molar-refractivity contribution in [3.05, 3.63) is 28.8 Å². The molecule has 0 spiro atoms. The fourth-order valence-corrected chi connectivity index (χ4v) is 3.16. The Labute approximate surface area is 115 Å². The van der Waals surface area contributed by atoms with E-state index in [2.05, 4.69) is 30.3 Å². The first kappa shape index (κ1) is 13.7. The van der Waals surface area contributed by atoms with Gasteiger partial charge in [0.05, 0.1) is 10.7 Å². The van der Waals surface area contributed by atoms with Crippen molar-refractivity contribution < 1.29 is 0 Å². The Balaban J connectivity index is 2.23. The Morgan fingerprint density at radius 3 is 2.72 bits per heavy atom. The molecule has 2 rings (SSSR count). The van der Waals surface area contributed by atoms with Crippen LogP contribution in [-0.4, -0.2) is 19.6 Å². The Kier molecular flexibility index (Phi) is 4.90. The van der Waals surface area contributed by atoms with E-state index in [4.69, 9.17) is 11.6 Å². The fourth-order valence-electron chi connectivity index (χ4n) is 2.83. The van der Waals surface area contributed by atoms with Crippen LogP contribution >= 0.6 is 11.6 Å². The molecule has 0 bridgehead atoms. The zero-order valence-electron chi connectivity index (χ0n) is 11.4. The van der Waals surface area contributed by atoms with Crippen molar-refractivity contribution >= 4 is 17.3 Å². The minimum Gasteiger partial charge on any atom is -0.370 e. The number of rotatable bonds is 5. The zero-order valence-corrected chi connectivity index (χ0v) is 12.1. The summed E-state index contributed by atoms with van der Waals surface area (Å²) in [6.07, 6.45) is 5.29. The second-order valence-corrected chi connectivity index (χ2v) is 5.48. The number of anilines is 1. The largest absolute Gasteiger partial charge is 0.370 e. The summed E-state index contributed by atoms with van der Waals surface area (Å²) < 4.78 is 0. The van der Waals surface area contributed by atoms with Crippen molar-refractivity contribution in [1.29, 1.82) is 0 Å². The van der Waals surface area contributed by atoms with Crippen LogP contribution in [0.2, 0.25) is 5.02 Å². The number of nitrogens with zero attached hydrogens (tertiary/aromatic N) is 1. The molecule has 0 saturated heterocycles. The molecule has 0 radical (unpaired) electrons. The maximum absolute atomic E-state index is 6.41. The molecule has 1 saturated carbocycles. The van der Waals surface area contributed by atoms with Gasteiger partial charge in [0.25, 0.3) is 0 Å². The van der Waals surface area contributed by atoms with Gasteiger partial charge in [-0.25, -0.2) is 0 Å². The molecule has 3 heteroatoms. The summed E-state index contributed by atoms with van der Waals surface area (Å²) in [5.41, 5.74) is 2.52. The molecule has 0 aromatic heterocycles. The van der Waals surface area contributed by atoms with Crippen molar-refractivity contribution in [3.8, 4) is 0 Å². The molecular formula is C15H23ClN2. The summed E-state index contributed by atoms with van der Waals surface area (Å²) >= 11 is 6.41. The lowest BCUT2D eigenvalue weighted by molar-refractivity contribution is 0.645. The Morgan fingerprint density at radius 1 is 1.33 bits per heavy atom. The molecule has 0 aliphatic heterocycles. The third-order valence-electron chi connectivity index (χ3n) is 3.86. The fraction of sp³-hybridized carbons (Fsp3) is 0.600. The first-order chi connectivity index (χ1) is 8.74. The van der Waals surface area contributed by atoms with E-state index in [9.17, 15) is 0 Å². The first-order valence-corrected chi connectivity index (χ1v) is 7.32. The van der Waals surface area contributed by atoms with Gasteiger partial charge in [0.1, 0.15) is 0 Å². The quantitative estimate of drug-likeness (QED) is 0.871. The molecule has 0 amide bonds. The van der Waals surface area contributed by atoms with Crippen LogP contribution in [0, 0.1) is 0 Å². The molecule has 2 nitrogen and oxygen atoms in total. The lowest BCUT2D eigenvalue weighted by Crippen LogP contribution is -2.30. The zero-order chi connectivity index (χ0) is 13.0. The highest BCUT2D eigenvalue weighted by Gasteiger charge is 2.22. The first-order valence-electron chi connectivity index (χ1n) is 6.95. The SMILES string of the molecule is CCNCc1cccc(Cl)c1N(C)C1CCCC1. The number of halogens is 1. The third-order valence-corrected chi connectivity index (χ3v) is 4.17. The van der Waals surface area contributed by atoms with Gasteiger partial charge in [0.15, 0.2) is 0 Å². The van der Waals surface area contributed by atoms with Crippen LogP contribution in [0.1, 0.15) is 38.2 Å². The molecule has 18 heavy (non-hydrogen) atoms.